The number of hydrogen-bond acceptors (Lipinski definition) is 3. The molecule has 18 heavy (non-hydrogen) atoms. The van der Waals surface area contributed by atoms with Crippen LogP contribution in [0.3, 0.4) is 0 Å². The van der Waals surface area contributed by atoms with Gasteiger partial charge in [-0.05, 0) is 43.3 Å². The normalized spacial score (nSPS) is 11.4. The van der Waals surface area contributed by atoms with Crippen LogP contribution in [0.5, 0.6) is 0 Å². The number of nitrogens with one attached hydrogen (secondary N) is 1. The van der Waals surface area contributed by atoms with Crippen molar-refractivity contribution in [2.75, 3.05) is 5.43 Å². The third-order valence-corrected chi connectivity index (χ3v) is 3.12. The highest BCUT2D eigenvalue weighted by atomic mass is 31.1. The van der Waals surface area contributed by atoms with Crippen molar-refractivity contribution in [3.8, 4) is 0 Å². The van der Waals surface area contributed by atoms with Crippen LogP contribution in [0.1, 0.15) is 5.56 Å². The molecule has 1 atom stereocenters. The van der Waals surface area contributed by atoms with E-state index in [1.807, 2.05) is 55.5 Å². The second-order valence-electron chi connectivity index (χ2n) is 3.90. The Morgan fingerprint density at radius 3 is 2.28 bits per heavy atom. The van der Waals surface area contributed by atoms with Crippen LogP contribution in [0.4, 0.5) is 11.4 Å². The Morgan fingerprint density at radius 2 is 1.67 bits per heavy atom. The number of nitrogens with zero attached hydrogens (tertiary/aromatic N) is 2. The fourth-order valence-electron chi connectivity index (χ4n) is 1.40. The minimum absolute atomic E-state index is 0.624. The van der Waals surface area contributed by atoms with Crippen molar-refractivity contribution in [3.63, 3.8) is 0 Å². The molecule has 2 rings (SSSR count). The van der Waals surface area contributed by atoms with Gasteiger partial charge >= 0.3 is 0 Å². The number of aryl methyl sites for hydroxylation is 1. The Morgan fingerprint density at radius 1 is 1.00 bits per heavy atom. The van der Waals surface area contributed by atoms with Gasteiger partial charge in [0.2, 0.25) is 0 Å². The largest absolute Gasteiger partial charge is 0.260 e. The molecule has 0 aromatic heterocycles. The SMILES string of the molecule is Cc1ccc(N=NNc2ccc([PH2+]O)cc2)cc1. The number of benzene rings is 2. The van der Waals surface area contributed by atoms with Crippen LogP contribution < -0.4 is 10.7 Å². The predicted molar refractivity (Wildman–Crippen MR) is 77.3 cm³/mol. The van der Waals surface area contributed by atoms with Crippen LogP contribution in [0.25, 0.3) is 0 Å². The molecule has 5 heteroatoms. The highest BCUT2D eigenvalue weighted by Crippen LogP contribution is 2.14. The molecule has 0 saturated heterocycles. The van der Waals surface area contributed by atoms with Gasteiger partial charge in [0.25, 0.3) is 0 Å². The summed E-state index contributed by atoms with van der Waals surface area (Å²) in [5.74, 6) is 0. The van der Waals surface area contributed by atoms with Crippen molar-refractivity contribution in [1.82, 2.24) is 0 Å². The summed E-state index contributed by atoms with van der Waals surface area (Å²) >= 11 is 0. The lowest BCUT2D eigenvalue weighted by molar-refractivity contribution is 0.655. The van der Waals surface area contributed by atoms with Crippen LogP contribution in [-0.2, 0) is 0 Å². The van der Waals surface area contributed by atoms with E-state index in [0.717, 1.165) is 16.7 Å². The van der Waals surface area contributed by atoms with Crippen LogP contribution in [-0.4, -0.2) is 4.89 Å². The molecular weight excluding hydrogens is 245 g/mol. The molecule has 0 heterocycles. The Labute approximate surface area is 108 Å². The second-order valence-corrected chi connectivity index (χ2v) is 4.82. The molecule has 2 N–H and O–H groups in total. The van der Waals surface area contributed by atoms with E-state index in [2.05, 4.69) is 15.8 Å². The molecular formula is C13H15N3OP+. The van der Waals surface area contributed by atoms with E-state index >= 15 is 0 Å². The summed E-state index contributed by atoms with van der Waals surface area (Å²) in [6.07, 6.45) is 0. The van der Waals surface area contributed by atoms with E-state index in [0.29, 0.717) is 0 Å². The average Bonchev–Trinajstić information content (AvgIpc) is 2.42. The van der Waals surface area contributed by atoms with Gasteiger partial charge < -0.3 is 0 Å². The number of hydrogen-bond donors (Lipinski definition) is 2. The summed E-state index contributed by atoms with van der Waals surface area (Å²) in [5, 5.41) is 8.93. The van der Waals surface area contributed by atoms with Gasteiger partial charge in [-0.25, -0.2) is 0 Å². The first kappa shape index (κ1) is 12.7. The van der Waals surface area contributed by atoms with Gasteiger partial charge in [-0.2, -0.15) is 0 Å². The van der Waals surface area contributed by atoms with Crippen LogP contribution in [0.15, 0.2) is 58.9 Å². The van der Waals surface area contributed by atoms with Crippen molar-refractivity contribution in [1.29, 1.82) is 0 Å². The van der Waals surface area contributed by atoms with Gasteiger partial charge in [-0.1, -0.05) is 22.9 Å². The Bertz CT molecular complexity index is 523. The van der Waals surface area contributed by atoms with Gasteiger partial charge in [0.15, 0.2) is 0 Å². The maximum absolute atomic E-state index is 9.00. The molecule has 92 valence electrons. The van der Waals surface area contributed by atoms with Gasteiger partial charge in [0, 0.05) is 0 Å². The zero-order valence-corrected chi connectivity index (χ0v) is 11.2. The summed E-state index contributed by atoms with van der Waals surface area (Å²) < 4.78 is 0. The first-order valence-electron chi connectivity index (χ1n) is 5.59. The van der Waals surface area contributed by atoms with Crippen LogP contribution >= 0.6 is 8.81 Å². The molecule has 0 radical (unpaired) electrons. The Balaban J connectivity index is 1.95. The lowest BCUT2D eigenvalue weighted by Gasteiger charge is -1.98. The van der Waals surface area contributed by atoms with Crippen LogP contribution in [0.2, 0.25) is 0 Å². The second kappa shape index (κ2) is 6.24. The van der Waals surface area contributed by atoms with E-state index in [4.69, 9.17) is 4.89 Å². The molecule has 0 spiro atoms. The first-order valence-corrected chi connectivity index (χ1v) is 6.68. The zero-order chi connectivity index (χ0) is 12.8. The quantitative estimate of drug-likeness (QED) is 0.504. The van der Waals surface area contributed by atoms with Crippen LogP contribution in [0, 0.1) is 6.92 Å². The van der Waals surface area contributed by atoms with E-state index < -0.39 is 8.81 Å². The lowest BCUT2D eigenvalue weighted by Crippen LogP contribution is -1.93. The van der Waals surface area contributed by atoms with Crippen molar-refractivity contribution in [2.45, 2.75) is 6.92 Å². The zero-order valence-electron chi connectivity index (χ0n) is 10.0. The van der Waals surface area contributed by atoms with Crippen molar-refractivity contribution < 1.29 is 4.89 Å². The van der Waals surface area contributed by atoms with Gasteiger partial charge in [-0.3, -0.25) is 10.3 Å². The standard InChI is InChI=1S/C13H14N3OP/c1-10-2-4-11(5-3-10)14-16-15-12-6-8-13(18-17)9-7-12/h2-9,17-18H,1H3,(H,14,15)/p+1. The average molecular weight is 260 g/mol. The highest BCUT2D eigenvalue weighted by Gasteiger charge is 1.96. The van der Waals surface area contributed by atoms with Gasteiger partial charge in [0.05, 0.1) is 11.4 Å². The lowest BCUT2D eigenvalue weighted by atomic mass is 10.2. The highest BCUT2D eigenvalue weighted by molar-refractivity contribution is 7.40. The van der Waals surface area contributed by atoms with E-state index in [1.54, 1.807) is 0 Å². The predicted octanol–water partition coefficient (Wildman–Crippen LogP) is 3.05. The first-order chi connectivity index (χ1) is 8.78. The Hall–Kier alpha value is -1.77. The van der Waals surface area contributed by atoms with E-state index in [-0.39, 0.29) is 0 Å². The smallest absolute Gasteiger partial charge is 0.149 e. The van der Waals surface area contributed by atoms with E-state index in [9.17, 15) is 0 Å². The van der Waals surface area contributed by atoms with Crippen molar-refractivity contribution in [2.24, 2.45) is 10.3 Å². The monoisotopic (exact) mass is 260 g/mol. The molecule has 0 aliphatic heterocycles. The maximum atomic E-state index is 9.00. The topological polar surface area (TPSA) is 57.0 Å². The molecule has 0 bridgehead atoms. The maximum Gasteiger partial charge on any atom is 0.149 e. The number of rotatable bonds is 4. The van der Waals surface area contributed by atoms with Gasteiger partial charge in [0.1, 0.15) is 14.1 Å². The minimum atomic E-state index is -0.624. The van der Waals surface area contributed by atoms with Gasteiger partial charge in [-0.15, -0.1) is 5.11 Å². The number of anilines is 1. The molecule has 0 aliphatic rings. The summed E-state index contributed by atoms with van der Waals surface area (Å²) in [4.78, 5) is 9.00. The summed E-state index contributed by atoms with van der Waals surface area (Å²) in [6.45, 7) is 2.03. The fourth-order valence-corrected chi connectivity index (χ4v) is 1.76. The summed E-state index contributed by atoms with van der Waals surface area (Å²) in [6, 6.07) is 15.3. The van der Waals surface area contributed by atoms with Crippen molar-refractivity contribution in [3.05, 3.63) is 54.1 Å². The molecule has 2 aromatic rings. The summed E-state index contributed by atoms with van der Waals surface area (Å²) in [5.41, 5.74) is 5.70. The molecule has 2 aromatic carbocycles. The molecule has 4 nitrogen and oxygen atoms in total. The molecule has 0 saturated carbocycles. The van der Waals surface area contributed by atoms with Crippen molar-refractivity contribution >= 4 is 25.5 Å². The Kier molecular flexibility index (Phi) is 4.40. The molecule has 0 aliphatic carbocycles. The molecule has 1 unspecified atom stereocenters. The molecule has 0 fully saturated rings. The third-order valence-electron chi connectivity index (χ3n) is 2.44. The molecule has 0 amide bonds. The van der Waals surface area contributed by atoms with E-state index in [1.165, 1.54) is 5.56 Å². The fraction of sp³-hybridized carbons (Fsp3) is 0.0769. The third kappa shape index (κ3) is 3.62. The minimum Gasteiger partial charge on any atom is -0.260 e. The summed E-state index contributed by atoms with van der Waals surface area (Å²) in [7, 11) is -0.624.